The zero-order chi connectivity index (χ0) is 12.0. The predicted molar refractivity (Wildman–Crippen MR) is 70.5 cm³/mol. The maximum Gasteiger partial charge on any atom is 0.0470 e. The third-order valence-electron chi connectivity index (χ3n) is 3.13. The van der Waals surface area contributed by atoms with Crippen LogP contribution in [0.15, 0.2) is 24.3 Å². The molecule has 2 heteroatoms. The van der Waals surface area contributed by atoms with Crippen molar-refractivity contribution in [3.05, 3.63) is 35.4 Å². The first-order valence-electron chi connectivity index (χ1n) is 6.22. The van der Waals surface area contributed by atoms with Crippen LogP contribution < -0.4 is 5.73 Å². The molecule has 2 N–H and O–H groups in total. The molecule has 0 heterocycles. The molecule has 0 radical (unpaired) electrons. The van der Waals surface area contributed by atoms with E-state index >= 15 is 0 Å². The van der Waals surface area contributed by atoms with Gasteiger partial charge in [-0.2, -0.15) is 0 Å². The van der Waals surface area contributed by atoms with Gasteiger partial charge < -0.3 is 5.73 Å². The molecule has 1 aromatic carbocycles. The normalized spacial score (nSPS) is 13.1. The van der Waals surface area contributed by atoms with E-state index < -0.39 is 0 Å². The van der Waals surface area contributed by atoms with Crippen molar-refractivity contribution < 1.29 is 0 Å². The van der Waals surface area contributed by atoms with Crippen LogP contribution in [0, 0.1) is 0 Å². The van der Waals surface area contributed by atoms with Gasteiger partial charge in [0.2, 0.25) is 0 Å². The lowest BCUT2D eigenvalue weighted by molar-refractivity contribution is 0.250. The van der Waals surface area contributed by atoms with Gasteiger partial charge >= 0.3 is 0 Å². The van der Waals surface area contributed by atoms with Crippen molar-refractivity contribution in [2.24, 2.45) is 5.73 Å². The number of hydrogen-bond acceptors (Lipinski definition) is 2. The second-order valence-corrected chi connectivity index (χ2v) is 4.28. The number of nitrogens with two attached hydrogens (primary N) is 1. The highest BCUT2D eigenvalue weighted by Gasteiger charge is 2.16. The lowest BCUT2D eigenvalue weighted by atomic mass is 9.97. The van der Waals surface area contributed by atoms with Crippen molar-refractivity contribution >= 4 is 0 Å². The highest BCUT2D eigenvalue weighted by Crippen LogP contribution is 2.22. The van der Waals surface area contributed by atoms with Crippen LogP contribution in [0.4, 0.5) is 0 Å². The standard InChI is InChI=1S/C14H24N2/c1-4-10-16(3)14(11-15)13-9-7-6-8-12(13)5-2/h6-9,14H,4-5,10-11,15H2,1-3H3. The van der Waals surface area contributed by atoms with E-state index in [0.717, 1.165) is 13.0 Å². The Bertz CT molecular complexity index is 309. The monoisotopic (exact) mass is 220 g/mol. The third-order valence-corrected chi connectivity index (χ3v) is 3.13. The SMILES string of the molecule is CCCN(C)C(CN)c1ccccc1CC. The minimum atomic E-state index is 0.357. The topological polar surface area (TPSA) is 29.3 Å². The Hall–Kier alpha value is -0.860. The fourth-order valence-electron chi connectivity index (χ4n) is 2.23. The average molecular weight is 220 g/mol. The molecule has 0 aliphatic heterocycles. The van der Waals surface area contributed by atoms with Crippen molar-refractivity contribution in [1.29, 1.82) is 0 Å². The summed E-state index contributed by atoms with van der Waals surface area (Å²) in [7, 11) is 2.16. The number of aryl methyl sites for hydroxylation is 1. The summed E-state index contributed by atoms with van der Waals surface area (Å²) in [4.78, 5) is 2.36. The Morgan fingerprint density at radius 1 is 1.25 bits per heavy atom. The highest BCUT2D eigenvalue weighted by molar-refractivity contribution is 5.30. The summed E-state index contributed by atoms with van der Waals surface area (Å²) in [6.07, 6.45) is 2.24. The fraction of sp³-hybridized carbons (Fsp3) is 0.571. The Labute approximate surface area is 99.5 Å². The van der Waals surface area contributed by atoms with E-state index in [4.69, 9.17) is 5.73 Å². The lowest BCUT2D eigenvalue weighted by Crippen LogP contribution is -2.31. The lowest BCUT2D eigenvalue weighted by Gasteiger charge is -2.28. The summed E-state index contributed by atoms with van der Waals surface area (Å²) in [6, 6.07) is 8.99. The minimum absolute atomic E-state index is 0.357. The first kappa shape index (κ1) is 13.2. The summed E-state index contributed by atoms with van der Waals surface area (Å²) in [5, 5.41) is 0. The maximum atomic E-state index is 5.92. The summed E-state index contributed by atoms with van der Waals surface area (Å²) in [6.45, 7) is 6.19. The summed E-state index contributed by atoms with van der Waals surface area (Å²) >= 11 is 0. The van der Waals surface area contributed by atoms with Crippen molar-refractivity contribution in [3.63, 3.8) is 0 Å². The van der Waals surface area contributed by atoms with Gasteiger partial charge in [-0.05, 0) is 37.6 Å². The van der Waals surface area contributed by atoms with Crippen LogP contribution in [0.2, 0.25) is 0 Å². The van der Waals surface area contributed by atoms with Gasteiger partial charge in [-0.1, -0.05) is 38.1 Å². The van der Waals surface area contributed by atoms with Crippen LogP contribution in [0.1, 0.15) is 37.4 Å². The van der Waals surface area contributed by atoms with E-state index in [0.29, 0.717) is 12.6 Å². The van der Waals surface area contributed by atoms with Crippen LogP contribution in [-0.4, -0.2) is 25.0 Å². The average Bonchev–Trinajstić information content (AvgIpc) is 2.31. The second-order valence-electron chi connectivity index (χ2n) is 4.28. The Morgan fingerprint density at radius 2 is 1.94 bits per heavy atom. The van der Waals surface area contributed by atoms with Crippen molar-refractivity contribution in [3.8, 4) is 0 Å². The van der Waals surface area contributed by atoms with Crippen LogP contribution >= 0.6 is 0 Å². The Kier molecular flexibility index (Phi) is 5.50. The van der Waals surface area contributed by atoms with Gasteiger partial charge in [0.15, 0.2) is 0 Å². The zero-order valence-electron chi connectivity index (χ0n) is 10.7. The molecule has 0 amide bonds. The fourth-order valence-corrected chi connectivity index (χ4v) is 2.23. The molecule has 1 rings (SSSR count). The van der Waals surface area contributed by atoms with Gasteiger partial charge in [0.1, 0.15) is 0 Å². The second kappa shape index (κ2) is 6.66. The van der Waals surface area contributed by atoms with Crippen LogP contribution in [0.5, 0.6) is 0 Å². The van der Waals surface area contributed by atoms with Crippen molar-refractivity contribution in [2.75, 3.05) is 20.1 Å². The van der Waals surface area contributed by atoms with E-state index in [1.54, 1.807) is 0 Å². The molecule has 2 nitrogen and oxygen atoms in total. The van der Waals surface area contributed by atoms with Gasteiger partial charge in [0, 0.05) is 12.6 Å². The minimum Gasteiger partial charge on any atom is -0.329 e. The molecule has 0 bridgehead atoms. The van der Waals surface area contributed by atoms with Crippen LogP contribution in [0.3, 0.4) is 0 Å². The van der Waals surface area contributed by atoms with Gasteiger partial charge in [0.25, 0.3) is 0 Å². The molecule has 0 aliphatic rings. The molecule has 0 aliphatic carbocycles. The number of likely N-dealkylation sites (N-methyl/N-ethyl adjacent to an activating group) is 1. The summed E-state index contributed by atoms with van der Waals surface area (Å²) in [5.74, 6) is 0. The smallest absolute Gasteiger partial charge is 0.0470 e. The van der Waals surface area contributed by atoms with Gasteiger partial charge in [-0.25, -0.2) is 0 Å². The molecule has 16 heavy (non-hydrogen) atoms. The molecule has 1 unspecified atom stereocenters. The Balaban J connectivity index is 2.93. The third kappa shape index (κ3) is 3.06. The van der Waals surface area contributed by atoms with E-state index in [9.17, 15) is 0 Å². The molecule has 1 atom stereocenters. The molecular formula is C14H24N2. The number of hydrogen-bond donors (Lipinski definition) is 1. The molecule has 0 aromatic heterocycles. The highest BCUT2D eigenvalue weighted by atomic mass is 15.1. The molecule has 1 aromatic rings. The molecule has 0 spiro atoms. The Morgan fingerprint density at radius 3 is 2.50 bits per heavy atom. The summed E-state index contributed by atoms with van der Waals surface area (Å²) < 4.78 is 0. The van der Waals surface area contributed by atoms with E-state index in [1.807, 2.05) is 0 Å². The van der Waals surface area contributed by atoms with Gasteiger partial charge in [0.05, 0.1) is 0 Å². The first-order chi connectivity index (χ1) is 7.74. The van der Waals surface area contributed by atoms with E-state index in [2.05, 4.69) is 50.1 Å². The molecular weight excluding hydrogens is 196 g/mol. The quantitative estimate of drug-likeness (QED) is 0.798. The molecule has 90 valence electrons. The maximum absolute atomic E-state index is 5.92. The van der Waals surface area contributed by atoms with Crippen molar-refractivity contribution in [1.82, 2.24) is 4.90 Å². The number of nitrogens with zero attached hydrogens (tertiary/aromatic N) is 1. The first-order valence-corrected chi connectivity index (χ1v) is 6.22. The van der Waals surface area contributed by atoms with Crippen molar-refractivity contribution in [2.45, 2.75) is 32.7 Å². The van der Waals surface area contributed by atoms with Crippen LogP contribution in [0.25, 0.3) is 0 Å². The van der Waals surface area contributed by atoms with E-state index in [-0.39, 0.29) is 0 Å². The molecule has 0 saturated heterocycles. The predicted octanol–water partition coefficient (Wildman–Crippen LogP) is 2.59. The largest absolute Gasteiger partial charge is 0.329 e. The zero-order valence-corrected chi connectivity index (χ0v) is 10.7. The van der Waals surface area contributed by atoms with E-state index in [1.165, 1.54) is 17.5 Å². The number of rotatable bonds is 6. The van der Waals surface area contributed by atoms with Gasteiger partial charge in [-0.3, -0.25) is 4.90 Å². The molecule has 0 saturated carbocycles. The van der Waals surface area contributed by atoms with Gasteiger partial charge in [-0.15, -0.1) is 0 Å². The molecule has 0 fully saturated rings. The number of benzene rings is 1. The summed E-state index contributed by atoms with van der Waals surface area (Å²) in [5.41, 5.74) is 8.73. The van der Waals surface area contributed by atoms with Crippen LogP contribution in [-0.2, 0) is 6.42 Å².